The molecule has 0 unspecified atom stereocenters. The predicted octanol–water partition coefficient (Wildman–Crippen LogP) is 1.07. The van der Waals surface area contributed by atoms with Gasteiger partial charge in [0.25, 0.3) is 5.56 Å². The molecular weight excluding hydrogens is 192 g/mol. The number of hydrogen-bond acceptors (Lipinski definition) is 3. The van der Waals surface area contributed by atoms with Gasteiger partial charge in [-0.05, 0) is 26.7 Å². The Labute approximate surface area is 86.1 Å². The van der Waals surface area contributed by atoms with Crippen LogP contribution in [0.25, 0.3) is 10.9 Å². The number of rotatable bonds is 1. The highest BCUT2D eigenvalue weighted by Crippen LogP contribution is 2.36. The maximum Gasteiger partial charge on any atom is 0.290 e. The standard InChI is InChI=1S/C10H12N4O/c1-5-8-6(2)13-14(7-3-4-7)9(8)10(15)12-11-5/h7H,3-4H2,1-2H3,(H,12,15). The molecule has 0 radical (unpaired) electrons. The van der Waals surface area contributed by atoms with Crippen LogP contribution in [0.4, 0.5) is 0 Å². The molecule has 3 rings (SSSR count). The molecule has 2 aromatic rings. The largest absolute Gasteiger partial charge is 0.290 e. The average molecular weight is 204 g/mol. The summed E-state index contributed by atoms with van der Waals surface area (Å²) >= 11 is 0. The van der Waals surface area contributed by atoms with Gasteiger partial charge in [0.15, 0.2) is 0 Å². The minimum atomic E-state index is -0.136. The average Bonchev–Trinajstić information content (AvgIpc) is 2.97. The first-order chi connectivity index (χ1) is 7.18. The van der Waals surface area contributed by atoms with Crippen LogP contribution in [0.1, 0.15) is 30.3 Å². The summed E-state index contributed by atoms with van der Waals surface area (Å²) in [6, 6.07) is 0.420. The lowest BCUT2D eigenvalue weighted by molar-refractivity contribution is 0.655. The lowest BCUT2D eigenvalue weighted by Crippen LogP contribution is -2.13. The van der Waals surface area contributed by atoms with Crippen molar-refractivity contribution >= 4 is 10.9 Å². The maximum atomic E-state index is 11.7. The second-order valence-electron chi connectivity index (χ2n) is 4.12. The van der Waals surface area contributed by atoms with Crippen molar-refractivity contribution in [2.24, 2.45) is 0 Å². The van der Waals surface area contributed by atoms with Crippen LogP contribution in [0.2, 0.25) is 0 Å². The first-order valence-electron chi connectivity index (χ1n) is 5.12. The molecule has 0 saturated heterocycles. The molecule has 5 nitrogen and oxygen atoms in total. The number of fused-ring (bicyclic) bond motifs is 1. The Bertz CT molecular complexity index is 591. The monoisotopic (exact) mass is 204 g/mol. The zero-order valence-corrected chi connectivity index (χ0v) is 8.74. The molecule has 78 valence electrons. The molecule has 1 N–H and O–H groups in total. The van der Waals surface area contributed by atoms with Gasteiger partial charge in [0, 0.05) is 0 Å². The number of nitrogens with zero attached hydrogens (tertiary/aromatic N) is 3. The summed E-state index contributed by atoms with van der Waals surface area (Å²) in [5.74, 6) is 0. The van der Waals surface area contributed by atoms with E-state index in [0.29, 0.717) is 11.6 Å². The highest BCUT2D eigenvalue weighted by atomic mass is 16.1. The zero-order chi connectivity index (χ0) is 10.6. The molecule has 2 heterocycles. The number of hydrogen-bond donors (Lipinski definition) is 1. The van der Waals surface area contributed by atoms with E-state index in [1.165, 1.54) is 0 Å². The second kappa shape index (κ2) is 2.68. The normalized spacial score (nSPS) is 16.1. The summed E-state index contributed by atoms with van der Waals surface area (Å²) < 4.78 is 1.86. The van der Waals surface area contributed by atoms with Crippen molar-refractivity contribution in [3.63, 3.8) is 0 Å². The number of H-pyrrole nitrogens is 1. The molecule has 1 saturated carbocycles. The number of aromatic nitrogens is 4. The molecule has 0 spiro atoms. The molecule has 0 amide bonds. The van der Waals surface area contributed by atoms with Gasteiger partial charge in [0.2, 0.25) is 0 Å². The number of nitrogens with one attached hydrogen (secondary N) is 1. The lowest BCUT2D eigenvalue weighted by atomic mass is 10.2. The molecule has 1 fully saturated rings. The minimum Gasteiger partial charge on any atom is -0.266 e. The van der Waals surface area contributed by atoms with Gasteiger partial charge in [-0.1, -0.05) is 0 Å². The van der Waals surface area contributed by atoms with Gasteiger partial charge < -0.3 is 0 Å². The van der Waals surface area contributed by atoms with Crippen molar-refractivity contribution in [1.29, 1.82) is 0 Å². The van der Waals surface area contributed by atoms with Crippen molar-refractivity contribution < 1.29 is 0 Å². The van der Waals surface area contributed by atoms with Crippen LogP contribution in [-0.4, -0.2) is 20.0 Å². The van der Waals surface area contributed by atoms with Gasteiger partial charge in [-0.25, -0.2) is 5.10 Å². The molecule has 0 bridgehead atoms. The van der Waals surface area contributed by atoms with Gasteiger partial charge in [-0.2, -0.15) is 10.2 Å². The minimum absolute atomic E-state index is 0.136. The SMILES string of the molecule is Cc1n[nH]c(=O)c2c1c(C)nn2C1CC1. The van der Waals surface area contributed by atoms with E-state index in [-0.39, 0.29) is 5.56 Å². The van der Waals surface area contributed by atoms with Gasteiger partial charge in [0.1, 0.15) is 5.52 Å². The Balaban J connectivity index is 2.48. The van der Waals surface area contributed by atoms with Crippen LogP contribution in [0.15, 0.2) is 4.79 Å². The summed E-state index contributed by atoms with van der Waals surface area (Å²) in [5.41, 5.74) is 2.28. The van der Waals surface area contributed by atoms with Gasteiger partial charge >= 0.3 is 0 Å². The number of aromatic amines is 1. The second-order valence-corrected chi connectivity index (χ2v) is 4.12. The number of aryl methyl sites for hydroxylation is 2. The Kier molecular flexibility index (Phi) is 1.55. The Hall–Kier alpha value is -1.65. The summed E-state index contributed by atoms with van der Waals surface area (Å²) in [5, 5.41) is 11.8. The fourth-order valence-electron chi connectivity index (χ4n) is 2.03. The lowest BCUT2D eigenvalue weighted by Gasteiger charge is -1.98. The summed E-state index contributed by atoms with van der Waals surface area (Å²) in [6.07, 6.45) is 2.24. The van der Waals surface area contributed by atoms with Crippen LogP contribution in [0, 0.1) is 13.8 Å². The molecule has 0 atom stereocenters. The van der Waals surface area contributed by atoms with E-state index < -0.39 is 0 Å². The fourth-order valence-corrected chi connectivity index (χ4v) is 2.03. The fraction of sp³-hybridized carbons (Fsp3) is 0.500. The molecule has 2 aromatic heterocycles. The molecule has 15 heavy (non-hydrogen) atoms. The van der Waals surface area contributed by atoms with Gasteiger partial charge in [-0.3, -0.25) is 9.48 Å². The van der Waals surface area contributed by atoms with E-state index in [0.717, 1.165) is 29.6 Å². The Morgan fingerprint density at radius 3 is 2.73 bits per heavy atom. The first-order valence-corrected chi connectivity index (χ1v) is 5.12. The summed E-state index contributed by atoms with van der Waals surface area (Å²) in [6.45, 7) is 3.82. The maximum absolute atomic E-state index is 11.7. The topological polar surface area (TPSA) is 63.6 Å². The van der Waals surface area contributed by atoms with E-state index in [2.05, 4.69) is 15.3 Å². The smallest absolute Gasteiger partial charge is 0.266 e. The Morgan fingerprint density at radius 1 is 1.33 bits per heavy atom. The highest BCUT2D eigenvalue weighted by Gasteiger charge is 2.28. The third-order valence-electron chi connectivity index (χ3n) is 2.88. The summed E-state index contributed by atoms with van der Waals surface area (Å²) in [4.78, 5) is 11.7. The molecule has 1 aliphatic carbocycles. The van der Waals surface area contributed by atoms with Crippen LogP contribution < -0.4 is 5.56 Å². The van der Waals surface area contributed by atoms with Crippen LogP contribution in [-0.2, 0) is 0 Å². The van der Waals surface area contributed by atoms with E-state index >= 15 is 0 Å². The molecule has 0 aromatic carbocycles. The molecule has 1 aliphatic rings. The van der Waals surface area contributed by atoms with Crippen molar-refractivity contribution in [3.8, 4) is 0 Å². The molecular formula is C10H12N4O. The summed E-state index contributed by atoms with van der Waals surface area (Å²) in [7, 11) is 0. The van der Waals surface area contributed by atoms with Crippen molar-refractivity contribution in [3.05, 3.63) is 21.7 Å². The van der Waals surface area contributed by atoms with Gasteiger partial charge in [-0.15, -0.1) is 0 Å². The van der Waals surface area contributed by atoms with Crippen LogP contribution in [0.5, 0.6) is 0 Å². The van der Waals surface area contributed by atoms with Crippen molar-refractivity contribution in [2.75, 3.05) is 0 Å². The third-order valence-corrected chi connectivity index (χ3v) is 2.88. The van der Waals surface area contributed by atoms with E-state index in [4.69, 9.17) is 0 Å². The Morgan fingerprint density at radius 2 is 2.07 bits per heavy atom. The van der Waals surface area contributed by atoms with E-state index in [9.17, 15) is 4.79 Å². The quantitative estimate of drug-likeness (QED) is 0.755. The van der Waals surface area contributed by atoms with Crippen LogP contribution in [0.3, 0.4) is 0 Å². The van der Waals surface area contributed by atoms with E-state index in [1.54, 1.807) is 0 Å². The van der Waals surface area contributed by atoms with Crippen molar-refractivity contribution in [2.45, 2.75) is 32.7 Å². The zero-order valence-electron chi connectivity index (χ0n) is 8.74. The third kappa shape index (κ3) is 1.12. The predicted molar refractivity (Wildman–Crippen MR) is 55.9 cm³/mol. The van der Waals surface area contributed by atoms with Gasteiger partial charge in [0.05, 0.1) is 22.8 Å². The van der Waals surface area contributed by atoms with Crippen molar-refractivity contribution in [1.82, 2.24) is 20.0 Å². The molecule has 5 heteroatoms. The first kappa shape index (κ1) is 8.64. The van der Waals surface area contributed by atoms with E-state index in [1.807, 2.05) is 18.5 Å². The molecule has 0 aliphatic heterocycles. The highest BCUT2D eigenvalue weighted by molar-refractivity contribution is 5.83. The van der Waals surface area contributed by atoms with Crippen LogP contribution >= 0.6 is 0 Å².